The summed E-state index contributed by atoms with van der Waals surface area (Å²) in [7, 11) is 0. The lowest BCUT2D eigenvalue weighted by Gasteiger charge is -2.29. The Morgan fingerprint density at radius 1 is 1.38 bits per heavy atom. The smallest absolute Gasteiger partial charge is 0.106 e. The quantitative estimate of drug-likeness (QED) is 0.846. The van der Waals surface area contributed by atoms with Gasteiger partial charge in [0.25, 0.3) is 0 Å². The number of benzene rings is 1. The third kappa shape index (κ3) is 3.62. The Labute approximate surface area is 126 Å². The minimum Gasteiger partial charge on any atom is -0.297 e. The molecule has 4 nitrogen and oxygen atoms in total. The number of aryl methyl sites for hydroxylation is 1. The van der Waals surface area contributed by atoms with Gasteiger partial charge in [-0.05, 0) is 39.2 Å². The van der Waals surface area contributed by atoms with E-state index >= 15 is 0 Å². The van der Waals surface area contributed by atoms with E-state index in [9.17, 15) is 5.26 Å². The molecule has 1 atom stereocenters. The molecule has 2 aromatic rings. The highest BCUT2D eigenvalue weighted by Crippen LogP contribution is 2.19. The molecule has 0 bridgehead atoms. The zero-order chi connectivity index (χ0) is 15.3. The van der Waals surface area contributed by atoms with Gasteiger partial charge in [0.1, 0.15) is 5.54 Å². The van der Waals surface area contributed by atoms with Gasteiger partial charge in [-0.25, -0.2) is 0 Å². The fourth-order valence-electron chi connectivity index (χ4n) is 2.81. The van der Waals surface area contributed by atoms with Crippen molar-refractivity contribution in [1.29, 1.82) is 5.26 Å². The highest BCUT2D eigenvalue weighted by molar-refractivity contribution is 5.78. The Hall–Kier alpha value is -1.86. The summed E-state index contributed by atoms with van der Waals surface area (Å²) < 4.78 is 2.03. The first-order valence-corrected chi connectivity index (χ1v) is 7.70. The third-order valence-electron chi connectivity index (χ3n) is 3.91. The van der Waals surface area contributed by atoms with Crippen LogP contribution >= 0.6 is 0 Å². The van der Waals surface area contributed by atoms with Crippen molar-refractivity contribution >= 4 is 10.9 Å². The van der Waals surface area contributed by atoms with Crippen molar-refractivity contribution in [3.8, 4) is 6.07 Å². The zero-order valence-electron chi connectivity index (χ0n) is 13.1. The molecular weight excluding hydrogens is 260 g/mol. The van der Waals surface area contributed by atoms with Crippen molar-refractivity contribution in [2.45, 2.75) is 58.2 Å². The van der Waals surface area contributed by atoms with Crippen molar-refractivity contribution in [2.24, 2.45) is 0 Å². The Bertz CT molecular complexity index is 623. The summed E-state index contributed by atoms with van der Waals surface area (Å²) >= 11 is 0. The van der Waals surface area contributed by atoms with Crippen molar-refractivity contribution < 1.29 is 0 Å². The van der Waals surface area contributed by atoms with Crippen LogP contribution in [0, 0.1) is 11.3 Å². The number of hydrogen-bond acceptors (Lipinski definition) is 3. The maximum Gasteiger partial charge on any atom is 0.106 e. The van der Waals surface area contributed by atoms with E-state index in [0.717, 1.165) is 31.3 Å². The summed E-state index contributed by atoms with van der Waals surface area (Å²) in [5.41, 5.74) is 0.741. The van der Waals surface area contributed by atoms with Crippen LogP contribution in [0.3, 0.4) is 0 Å². The first-order valence-electron chi connectivity index (χ1n) is 7.70. The van der Waals surface area contributed by atoms with Crippen molar-refractivity contribution in [3.05, 3.63) is 30.5 Å². The molecule has 21 heavy (non-hydrogen) atoms. The predicted molar refractivity (Wildman–Crippen MR) is 85.9 cm³/mol. The molecule has 0 fully saturated rings. The lowest BCUT2D eigenvalue weighted by atomic mass is 9.91. The SMILES string of the molecule is CCC(C#N)(CCCn1ncc2ccccc21)NC(C)C. The van der Waals surface area contributed by atoms with Crippen molar-refractivity contribution in [2.75, 3.05) is 0 Å². The van der Waals surface area contributed by atoms with Gasteiger partial charge in [0.15, 0.2) is 0 Å². The summed E-state index contributed by atoms with van der Waals surface area (Å²) in [6.45, 7) is 7.09. The van der Waals surface area contributed by atoms with E-state index in [-0.39, 0.29) is 0 Å². The van der Waals surface area contributed by atoms with Gasteiger partial charge in [-0.1, -0.05) is 25.1 Å². The Morgan fingerprint density at radius 2 is 2.14 bits per heavy atom. The van der Waals surface area contributed by atoms with E-state index in [0.29, 0.717) is 6.04 Å². The Balaban J connectivity index is 2.01. The fraction of sp³-hybridized carbons (Fsp3) is 0.529. The van der Waals surface area contributed by atoms with Crippen LogP contribution in [0.5, 0.6) is 0 Å². The van der Waals surface area contributed by atoms with Crippen molar-refractivity contribution in [3.63, 3.8) is 0 Å². The minimum absolute atomic E-state index is 0.315. The van der Waals surface area contributed by atoms with E-state index < -0.39 is 5.54 Å². The van der Waals surface area contributed by atoms with Gasteiger partial charge in [0, 0.05) is 18.0 Å². The van der Waals surface area contributed by atoms with Gasteiger partial charge in [-0.15, -0.1) is 0 Å². The normalized spacial score (nSPS) is 14.2. The number of fused-ring (bicyclic) bond motifs is 1. The summed E-state index contributed by atoms with van der Waals surface area (Å²) in [5, 5.41) is 18.5. The second kappa shape index (κ2) is 6.73. The Kier molecular flexibility index (Phi) is 4.98. The first kappa shape index (κ1) is 15.5. The van der Waals surface area contributed by atoms with Gasteiger partial charge in [0.05, 0.1) is 17.8 Å². The van der Waals surface area contributed by atoms with Crippen LogP contribution in [0.2, 0.25) is 0 Å². The number of hydrogen-bond donors (Lipinski definition) is 1. The van der Waals surface area contributed by atoms with Gasteiger partial charge in [-0.2, -0.15) is 10.4 Å². The van der Waals surface area contributed by atoms with E-state index in [2.05, 4.69) is 49.4 Å². The third-order valence-corrected chi connectivity index (χ3v) is 3.91. The minimum atomic E-state index is -0.420. The van der Waals surface area contributed by atoms with Crippen LogP contribution in [0.4, 0.5) is 0 Å². The lowest BCUT2D eigenvalue weighted by Crippen LogP contribution is -2.47. The van der Waals surface area contributed by atoms with Gasteiger partial charge >= 0.3 is 0 Å². The van der Waals surface area contributed by atoms with Gasteiger partial charge in [0.2, 0.25) is 0 Å². The molecule has 1 aromatic carbocycles. The molecule has 0 aliphatic rings. The molecular formula is C17H24N4. The largest absolute Gasteiger partial charge is 0.297 e. The molecule has 0 radical (unpaired) electrons. The lowest BCUT2D eigenvalue weighted by molar-refractivity contribution is 0.327. The van der Waals surface area contributed by atoms with Crippen LogP contribution in [0.15, 0.2) is 30.5 Å². The van der Waals surface area contributed by atoms with Gasteiger partial charge in [-0.3, -0.25) is 10.00 Å². The maximum absolute atomic E-state index is 9.52. The standard InChI is InChI=1S/C17H24N4/c1-4-17(13-18,20-14(2)3)10-7-11-21-16-9-6-5-8-15(16)12-19-21/h5-6,8-9,12,14,20H,4,7,10-11H2,1-3H3. The second-order valence-corrected chi connectivity index (χ2v) is 5.88. The number of rotatable bonds is 7. The molecule has 0 saturated carbocycles. The highest BCUT2D eigenvalue weighted by atomic mass is 15.3. The summed E-state index contributed by atoms with van der Waals surface area (Å²) in [6, 6.07) is 11.0. The average Bonchev–Trinajstić information content (AvgIpc) is 2.89. The molecule has 2 rings (SSSR count). The monoisotopic (exact) mass is 284 g/mol. The number of para-hydroxylation sites is 1. The molecule has 1 aromatic heterocycles. The molecule has 0 aliphatic heterocycles. The predicted octanol–water partition coefficient (Wildman–Crippen LogP) is 3.49. The number of nitrogens with one attached hydrogen (secondary N) is 1. The number of aromatic nitrogens is 2. The van der Waals surface area contributed by atoms with Crippen LogP contribution < -0.4 is 5.32 Å². The molecule has 1 heterocycles. The number of nitriles is 1. The number of nitrogens with zero attached hydrogens (tertiary/aromatic N) is 3. The molecule has 0 amide bonds. The van der Waals surface area contributed by atoms with Crippen LogP contribution in [0.1, 0.15) is 40.0 Å². The van der Waals surface area contributed by atoms with Crippen molar-refractivity contribution in [1.82, 2.24) is 15.1 Å². The topological polar surface area (TPSA) is 53.6 Å². The molecule has 1 unspecified atom stereocenters. The van der Waals surface area contributed by atoms with Crippen LogP contribution in [-0.2, 0) is 6.54 Å². The molecule has 0 saturated heterocycles. The Morgan fingerprint density at radius 3 is 2.81 bits per heavy atom. The molecule has 0 spiro atoms. The maximum atomic E-state index is 9.52. The van der Waals surface area contributed by atoms with Gasteiger partial charge < -0.3 is 0 Å². The van der Waals surface area contributed by atoms with E-state index in [4.69, 9.17) is 0 Å². The van der Waals surface area contributed by atoms with Crippen LogP contribution in [0.25, 0.3) is 10.9 Å². The highest BCUT2D eigenvalue weighted by Gasteiger charge is 2.27. The summed E-state index contributed by atoms with van der Waals surface area (Å²) in [6.07, 6.45) is 4.50. The first-order chi connectivity index (χ1) is 10.1. The fourth-order valence-corrected chi connectivity index (χ4v) is 2.81. The van der Waals surface area contributed by atoms with Crippen LogP contribution in [-0.4, -0.2) is 21.4 Å². The van der Waals surface area contributed by atoms with E-state index in [1.165, 1.54) is 5.39 Å². The summed E-state index contributed by atoms with van der Waals surface area (Å²) in [4.78, 5) is 0. The van der Waals surface area contributed by atoms with E-state index in [1.807, 2.05) is 23.0 Å². The molecule has 1 N–H and O–H groups in total. The molecule has 112 valence electrons. The summed E-state index contributed by atoms with van der Waals surface area (Å²) in [5.74, 6) is 0. The molecule has 0 aliphatic carbocycles. The van der Waals surface area contributed by atoms with E-state index in [1.54, 1.807) is 0 Å². The second-order valence-electron chi connectivity index (χ2n) is 5.88. The average molecular weight is 284 g/mol. The zero-order valence-corrected chi connectivity index (χ0v) is 13.1. The molecule has 4 heteroatoms.